The molecule has 15 heavy (non-hydrogen) atoms. The van der Waals surface area contributed by atoms with E-state index in [0.717, 1.165) is 0 Å². The molecule has 0 unspecified atom stereocenters. The number of aryl methyl sites for hydroxylation is 1. The quantitative estimate of drug-likeness (QED) is 0.707. The number of alkyl halides is 2. The van der Waals surface area contributed by atoms with E-state index in [1.54, 1.807) is 0 Å². The van der Waals surface area contributed by atoms with E-state index < -0.39 is 5.92 Å². The second-order valence-electron chi connectivity index (χ2n) is 3.75. The lowest BCUT2D eigenvalue weighted by Gasteiger charge is -2.08. The number of carbonyl (C=O) groups excluding carboxylic acids is 1. The number of Topliss-reactive ketones (excluding diaryl/α,β-unsaturated/α-hetero) is 1. The summed E-state index contributed by atoms with van der Waals surface area (Å²) in [4.78, 5) is 11.2. The Morgan fingerprint density at radius 3 is 2.80 bits per heavy atom. The van der Waals surface area contributed by atoms with Crippen LogP contribution in [0.5, 0.6) is 0 Å². The topological polar surface area (TPSA) is 34.9 Å². The minimum absolute atomic E-state index is 0.0608. The van der Waals surface area contributed by atoms with Crippen molar-refractivity contribution >= 4 is 5.78 Å². The molecule has 82 valence electrons. The molecule has 0 spiro atoms. The summed E-state index contributed by atoms with van der Waals surface area (Å²) < 4.78 is 28.5. The van der Waals surface area contributed by atoms with E-state index >= 15 is 0 Å². The first-order valence-electron chi connectivity index (χ1n) is 4.96. The minimum atomic E-state index is -2.89. The number of rotatable bonds is 2. The van der Waals surface area contributed by atoms with E-state index in [0.29, 0.717) is 18.7 Å². The standard InChI is InChI=1S/C10H12F2N2O/c1-3-14-7-4-5-10(11,12)8(7)9(13-14)6(2)15/h3-5H2,1-2H3. The number of nitrogens with zero attached hydrogens (tertiary/aromatic N) is 2. The van der Waals surface area contributed by atoms with Crippen molar-refractivity contribution in [1.29, 1.82) is 0 Å². The third-order valence-electron chi connectivity index (χ3n) is 2.73. The third-order valence-corrected chi connectivity index (χ3v) is 2.73. The van der Waals surface area contributed by atoms with Gasteiger partial charge >= 0.3 is 0 Å². The molecule has 0 aromatic carbocycles. The van der Waals surface area contributed by atoms with Crippen molar-refractivity contribution in [3.63, 3.8) is 0 Å². The van der Waals surface area contributed by atoms with Gasteiger partial charge in [0.1, 0.15) is 5.69 Å². The molecule has 0 saturated carbocycles. The van der Waals surface area contributed by atoms with Crippen molar-refractivity contribution in [3.05, 3.63) is 17.0 Å². The molecule has 0 radical (unpaired) electrons. The molecule has 0 saturated heterocycles. The van der Waals surface area contributed by atoms with Gasteiger partial charge in [0.05, 0.1) is 5.56 Å². The monoisotopic (exact) mass is 214 g/mol. The van der Waals surface area contributed by atoms with E-state index in [-0.39, 0.29) is 23.5 Å². The summed E-state index contributed by atoms with van der Waals surface area (Å²) in [5.41, 5.74) is 0.318. The molecule has 0 fully saturated rings. The first-order valence-corrected chi connectivity index (χ1v) is 4.96. The molecule has 0 amide bonds. The summed E-state index contributed by atoms with van der Waals surface area (Å²) in [6, 6.07) is 0. The number of halogens is 2. The van der Waals surface area contributed by atoms with Gasteiger partial charge in [0.15, 0.2) is 5.78 Å². The molecule has 1 aliphatic carbocycles. The fraction of sp³-hybridized carbons (Fsp3) is 0.600. The molecule has 0 N–H and O–H groups in total. The predicted molar refractivity (Wildman–Crippen MR) is 50.1 cm³/mol. The first-order chi connectivity index (χ1) is 6.97. The number of hydrogen-bond donors (Lipinski definition) is 0. The van der Waals surface area contributed by atoms with E-state index in [4.69, 9.17) is 0 Å². The van der Waals surface area contributed by atoms with Crippen molar-refractivity contribution in [3.8, 4) is 0 Å². The summed E-state index contributed by atoms with van der Waals surface area (Å²) in [5, 5.41) is 3.93. The van der Waals surface area contributed by atoms with Crippen molar-refractivity contribution in [2.75, 3.05) is 0 Å². The Morgan fingerprint density at radius 2 is 2.27 bits per heavy atom. The Bertz CT molecular complexity index is 423. The Morgan fingerprint density at radius 1 is 1.60 bits per heavy atom. The molecule has 0 aliphatic heterocycles. The summed E-state index contributed by atoms with van der Waals surface area (Å²) in [7, 11) is 0. The van der Waals surface area contributed by atoms with E-state index in [2.05, 4.69) is 5.10 Å². The maximum Gasteiger partial charge on any atom is 0.277 e. The molecule has 1 aromatic rings. The molecule has 1 aromatic heterocycles. The molecular weight excluding hydrogens is 202 g/mol. The van der Waals surface area contributed by atoms with Crippen LogP contribution in [0.15, 0.2) is 0 Å². The van der Waals surface area contributed by atoms with Gasteiger partial charge in [0.2, 0.25) is 0 Å². The van der Waals surface area contributed by atoms with E-state index in [9.17, 15) is 13.6 Å². The summed E-state index contributed by atoms with van der Waals surface area (Å²) in [6.07, 6.45) is 0.0942. The van der Waals surface area contributed by atoms with Crippen molar-refractivity contribution < 1.29 is 13.6 Å². The normalized spacial score (nSPS) is 17.9. The fourth-order valence-corrected chi connectivity index (χ4v) is 2.04. The van der Waals surface area contributed by atoms with Crippen LogP contribution in [0, 0.1) is 0 Å². The van der Waals surface area contributed by atoms with Gasteiger partial charge in [-0.2, -0.15) is 5.10 Å². The Balaban J connectivity index is 2.65. The largest absolute Gasteiger partial charge is 0.293 e. The average molecular weight is 214 g/mol. The summed E-state index contributed by atoms with van der Waals surface area (Å²) >= 11 is 0. The highest BCUT2D eigenvalue weighted by atomic mass is 19.3. The van der Waals surface area contributed by atoms with Gasteiger partial charge in [0.25, 0.3) is 5.92 Å². The zero-order valence-electron chi connectivity index (χ0n) is 8.68. The number of carbonyl (C=O) groups is 1. The van der Waals surface area contributed by atoms with Crippen molar-refractivity contribution in [2.24, 2.45) is 0 Å². The lowest BCUT2D eigenvalue weighted by molar-refractivity contribution is -0.00276. The molecule has 0 bridgehead atoms. The zero-order chi connectivity index (χ0) is 11.2. The van der Waals surface area contributed by atoms with E-state index in [1.165, 1.54) is 11.6 Å². The van der Waals surface area contributed by atoms with Gasteiger partial charge in [-0.3, -0.25) is 9.48 Å². The SMILES string of the molecule is CCn1nc(C(C)=O)c2c1CCC2(F)F. The number of hydrogen-bond acceptors (Lipinski definition) is 2. The summed E-state index contributed by atoms with van der Waals surface area (Å²) in [6.45, 7) is 3.62. The molecule has 3 nitrogen and oxygen atoms in total. The smallest absolute Gasteiger partial charge is 0.277 e. The van der Waals surface area contributed by atoms with Crippen LogP contribution in [0.4, 0.5) is 8.78 Å². The van der Waals surface area contributed by atoms with Crippen LogP contribution in [0.25, 0.3) is 0 Å². The lowest BCUT2D eigenvalue weighted by Crippen LogP contribution is -2.12. The Labute approximate surface area is 86.1 Å². The lowest BCUT2D eigenvalue weighted by atomic mass is 10.1. The van der Waals surface area contributed by atoms with Gasteiger partial charge in [-0.25, -0.2) is 8.78 Å². The van der Waals surface area contributed by atoms with Crippen molar-refractivity contribution in [1.82, 2.24) is 9.78 Å². The van der Waals surface area contributed by atoms with Crippen LogP contribution >= 0.6 is 0 Å². The minimum Gasteiger partial charge on any atom is -0.293 e. The van der Waals surface area contributed by atoms with Crippen LogP contribution < -0.4 is 0 Å². The molecule has 1 heterocycles. The molecule has 2 rings (SSSR count). The maximum absolute atomic E-state index is 13.5. The Kier molecular flexibility index (Phi) is 2.13. The van der Waals surface area contributed by atoms with E-state index in [1.807, 2.05) is 6.92 Å². The van der Waals surface area contributed by atoms with Gasteiger partial charge in [0, 0.05) is 25.6 Å². The molecule has 0 atom stereocenters. The van der Waals surface area contributed by atoms with Crippen LogP contribution in [0.1, 0.15) is 42.0 Å². The first kappa shape index (κ1) is 10.3. The van der Waals surface area contributed by atoms with Gasteiger partial charge in [-0.05, 0) is 13.3 Å². The fourth-order valence-electron chi connectivity index (χ4n) is 2.04. The number of fused-ring (bicyclic) bond motifs is 1. The van der Waals surface area contributed by atoms with Gasteiger partial charge in [-0.15, -0.1) is 0 Å². The van der Waals surface area contributed by atoms with Crippen LogP contribution in [-0.2, 0) is 18.9 Å². The zero-order valence-corrected chi connectivity index (χ0v) is 8.68. The number of aromatic nitrogens is 2. The molecule has 1 aliphatic rings. The van der Waals surface area contributed by atoms with Gasteiger partial charge in [-0.1, -0.05) is 0 Å². The average Bonchev–Trinajstić information content (AvgIpc) is 2.65. The Hall–Kier alpha value is -1.26. The van der Waals surface area contributed by atoms with Crippen LogP contribution in [0.2, 0.25) is 0 Å². The highest BCUT2D eigenvalue weighted by Gasteiger charge is 2.45. The third kappa shape index (κ3) is 1.37. The predicted octanol–water partition coefficient (Wildman–Crippen LogP) is 2.14. The highest BCUT2D eigenvalue weighted by Crippen LogP contribution is 2.43. The second kappa shape index (κ2) is 3.12. The molecular formula is C10H12F2N2O. The van der Waals surface area contributed by atoms with Crippen LogP contribution in [0.3, 0.4) is 0 Å². The van der Waals surface area contributed by atoms with Gasteiger partial charge < -0.3 is 0 Å². The van der Waals surface area contributed by atoms with Crippen LogP contribution in [-0.4, -0.2) is 15.6 Å². The maximum atomic E-state index is 13.5. The van der Waals surface area contributed by atoms with Crippen molar-refractivity contribution in [2.45, 2.75) is 39.2 Å². The highest BCUT2D eigenvalue weighted by molar-refractivity contribution is 5.94. The second-order valence-corrected chi connectivity index (χ2v) is 3.75. The molecule has 5 heteroatoms. The number of ketones is 1. The summed E-state index contributed by atoms with van der Waals surface area (Å²) in [5.74, 6) is -3.27.